The molecule has 0 aromatic heterocycles. The second kappa shape index (κ2) is 6.88. The number of hydrogen-bond acceptors (Lipinski definition) is 3. The van der Waals surface area contributed by atoms with E-state index in [1.165, 1.54) is 11.8 Å². The summed E-state index contributed by atoms with van der Waals surface area (Å²) in [6, 6.07) is 12.3. The molecule has 104 valence electrons. The molecule has 3 N–H and O–H groups in total. The van der Waals surface area contributed by atoms with Crippen molar-refractivity contribution >= 4 is 52.2 Å². The van der Waals surface area contributed by atoms with Crippen molar-refractivity contribution in [2.24, 2.45) is 0 Å². The van der Waals surface area contributed by atoms with Crippen LogP contribution in [0.3, 0.4) is 0 Å². The lowest BCUT2D eigenvalue weighted by atomic mass is 10.3. The molecule has 0 radical (unpaired) electrons. The van der Waals surface area contributed by atoms with E-state index >= 15 is 0 Å². The number of benzene rings is 2. The maximum Gasteiger partial charge on any atom is 0.234 e. The topological polar surface area (TPSA) is 55.1 Å². The van der Waals surface area contributed by atoms with Crippen LogP contribution in [0, 0.1) is 0 Å². The number of nitrogens with one attached hydrogen (secondary N) is 1. The van der Waals surface area contributed by atoms with Crippen molar-refractivity contribution in [1.82, 2.24) is 0 Å². The average molecular weight is 327 g/mol. The maximum absolute atomic E-state index is 11.9. The molecule has 20 heavy (non-hydrogen) atoms. The van der Waals surface area contributed by atoms with Gasteiger partial charge in [-0.15, -0.1) is 11.8 Å². The minimum atomic E-state index is -0.164. The highest BCUT2D eigenvalue weighted by atomic mass is 35.5. The number of anilines is 2. The Morgan fingerprint density at radius 2 is 1.80 bits per heavy atom. The van der Waals surface area contributed by atoms with Crippen molar-refractivity contribution in [2.45, 2.75) is 4.90 Å². The Labute approximate surface area is 131 Å². The van der Waals surface area contributed by atoms with Crippen LogP contribution in [0.5, 0.6) is 0 Å². The van der Waals surface area contributed by atoms with Crippen molar-refractivity contribution < 1.29 is 4.79 Å². The zero-order chi connectivity index (χ0) is 14.5. The van der Waals surface area contributed by atoms with Gasteiger partial charge in [0.05, 0.1) is 21.5 Å². The van der Waals surface area contributed by atoms with Crippen LogP contribution in [-0.2, 0) is 4.79 Å². The lowest BCUT2D eigenvalue weighted by Gasteiger charge is -2.09. The number of para-hydroxylation sites is 1. The number of hydrogen-bond donors (Lipinski definition) is 2. The second-order valence-electron chi connectivity index (χ2n) is 3.97. The molecule has 0 aliphatic rings. The normalized spacial score (nSPS) is 10.3. The number of carbonyl (C=O) groups excluding carboxylic acids is 1. The Hall–Kier alpha value is -1.36. The predicted octanol–water partition coefficient (Wildman–Crippen LogP) is 4.31. The van der Waals surface area contributed by atoms with Gasteiger partial charge < -0.3 is 11.1 Å². The number of halogens is 2. The summed E-state index contributed by atoms with van der Waals surface area (Å²) in [6.45, 7) is 0. The van der Waals surface area contributed by atoms with E-state index in [4.69, 9.17) is 28.9 Å². The first-order valence-corrected chi connectivity index (χ1v) is 7.53. The Balaban J connectivity index is 1.98. The van der Waals surface area contributed by atoms with Crippen molar-refractivity contribution in [2.75, 3.05) is 16.8 Å². The van der Waals surface area contributed by atoms with Crippen LogP contribution < -0.4 is 11.1 Å². The molecular formula is C14H12Cl2N2OS. The molecule has 6 heteroatoms. The second-order valence-corrected chi connectivity index (χ2v) is 5.77. The summed E-state index contributed by atoms with van der Waals surface area (Å²) >= 11 is 13.3. The van der Waals surface area contributed by atoms with E-state index in [0.717, 1.165) is 0 Å². The van der Waals surface area contributed by atoms with Gasteiger partial charge in [0.15, 0.2) is 0 Å². The first kappa shape index (κ1) is 15.0. The summed E-state index contributed by atoms with van der Waals surface area (Å²) in [4.78, 5) is 12.6. The summed E-state index contributed by atoms with van der Waals surface area (Å²) in [7, 11) is 0. The average Bonchev–Trinajstić information content (AvgIpc) is 2.41. The minimum Gasteiger partial charge on any atom is -0.398 e. The third kappa shape index (κ3) is 3.82. The van der Waals surface area contributed by atoms with E-state index in [-0.39, 0.29) is 11.7 Å². The highest BCUT2D eigenvalue weighted by Crippen LogP contribution is 2.32. The van der Waals surface area contributed by atoms with Crippen LogP contribution >= 0.6 is 35.0 Å². The number of carbonyl (C=O) groups is 1. The molecular weight excluding hydrogens is 315 g/mol. The van der Waals surface area contributed by atoms with E-state index in [0.29, 0.717) is 26.3 Å². The highest BCUT2D eigenvalue weighted by Gasteiger charge is 2.10. The molecule has 0 aliphatic carbocycles. The zero-order valence-electron chi connectivity index (χ0n) is 10.4. The fraction of sp³-hybridized carbons (Fsp3) is 0.0714. The SMILES string of the molecule is Nc1cccc(Cl)c1SCC(=O)Nc1ccccc1Cl. The van der Waals surface area contributed by atoms with Gasteiger partial charge in [0.1, 0.15) is 0 Å². The molecule has 0 saturated carbocycles. The summed E-state index contributed by atoms with van der Waals surface area (Å²) in [5.41, 5.74) is 6.98. The minimum absolute atomic E-state index is 0.164. The Kier molecular flexibility index (Phi) is 5.17. The molecule has 0 heterocycles. The fourth-order valence-electron chi connectivity index (χ4n) is 1.56. The van der Waals surface area contributed by atoms with E-state index < -0.39 is 0 Å². The molecule has 0 bridgehead atoms. The Bertz CT molecular complexity index is 614. The molecule has 0 saturated heterocycles. The number of rotatable bonds is 4. The Morgan fingerprint density at radius 3 is 2.50 bits per heavy atom. The lowest BCUT2D eigenvalue weighted by Crippen LogP contribution is -2.14. The third-order valence-corrected chi connectivity index (χ3v) is 4.40. The van der Waals surface area contributed by atoms with E-state index in [1.807, 2.05) is 0 Å². The molecule has 1 amide bonds. The highest BCUT2D eigenvalue weighted by molar-refractivity contribution is 8.00. The number of nitrogen functional groups attached to an aromatic ring is 1. The van der Waals surface area contributed by atoms with Gasteiger partial charge in [-0.25, -0.2) is 0 Å². The van der Waals surface area contributed by atoms with Crippen LogP contribution in [0.4, 0.5) is 11.4 Å². The first-order chi connectivity index (χ1) is 9.58. The standard InChI is InChI=1S/C14H12Cl2N2OS/c15-9-4-1-2-7-12(9)18-13(19)8-20-14-10(16)5-3-6-11(14)17/h1-7H,8,17H2,(H,18,19). The van der Waals surface area contributed by atoms with Gasteiger partial charge in [-0.05, 0) is 24.3 Å². The molecule has 2 rings (SSSR count). The molecule has 2 aromatic rings. The van der Waals surface area contributed by atoms with Crippen molar-refractivity contribution in [3.05, 3.63) is 52.5 Å². The molecule has 0 aliphatic heterocycles. The largest absolute Gasteiger partial charge is 0.398 e. The van der Waals surface area contributed by atoms with Gasteiger partial charge in [0.2, 0.25) is 5.91 Å². The predicted molar refractivity (Wildman–Crippen MR) is 86.7 cm³/mol. The van der Waals surface area contributed by atoms with Crippen LogP contribution in [-0.4, -0.2) is 11.7 Å². The van der Waals surface area contributed by atoms with Crippen LogP contribution in [0.2, 0.25) is 10.0 Å². The first-order valence-electron chi connectivity index (χ1n) is 5.79. The molecule has 0 spiro atoms. The van der Waals surface area contributed by atoms with Crippen LogP contribution in [0.15, 0.2) is 47.4 Å². The van der Waals surface area contributed by atoms with Gasteiger partial charge in [0.25, 0.3) is 0 Å². The number of amides is 1. The van der Waals surface area contributed by atoms with Gasteiger partial charge in [0, 0.05) is 10.6 Å². The number of nitrogens with two attached hydrogens (primary N) is 1. The summed E-state index contributed by atoms with van der Waals surface area (Å²) in [5, 5.41) is 3.79. The smallest absolute Gasteiger partial charge is 0.234 e. The number of thioether (sulfide) groups is 1. The van der Waals surface area contributed by atoms with Gasteiger partial charge in [-0.3, -0.25) is 4.79 Å². The van der Waals surface area contributed by atoms with E-state index in [2.05, 4.69) is 5.32 Å². The molecule has 0 fully saturated rings. The summed E-state index contributed by atoms with van der Waals surface area (Å²) in [6.07, 6.45) is 0. The molecule has 3 nitrogen and oxygen atoms in total. The van der Waals surface area contributed by atoms with Crippen LogP contribution in [0.1, 0.15) is 0 Å². The van der Waals surface area contributed by atoms with Crippen LogP contribution in [0.25, 0.3) is 0 Å². The molecule has 2 aromatic carbocycles. The summed E-state index contributed by atoms with van der Waals surface area (Å²) in [5.74, 6) is 0.0431. The van der Waals surface area contributed by atoms with E-state index in [9.17, 15) is 4.79 Å². The third-order valence-electron chi connectivity index (χ3n) is 2.49. The molecule has 0 unspecified atom stereocenters. The fourth-order valence-corrected chi connectivity index (χ4v) is 2.88. The Morgan fingerprint density at radius 1 is 1.10 bits per heavy atom. The lowest BCUT2D eigenvalue weighted by molar-refractivity contribution is -0.113. The monoisotopic (exact) mass is 326 g/mol. The van der Waals surface area contributed by atoms with Gasteiger partial charge in [-0.1, -0.05) is 41.4 Å². The summed E-state index contributed by atoms with van der Waals surface area (Å²) < 4.78 is 0. The molecule has 0 atom stereocenters. The van der Waals surface area contributed by atoms with Crippen molar-refractivity contribution in [1.29, 1.82) is 0 Å². The van der Waals surface area contributed by atoms with Crippen molar-refractivity contribution in [3.63, 3.8) is 0 Å². The maximum atomic E-state index is 11.9. The van der Waals surface area contributed by atoms with Crippen molar-refractivity contribution in [3.8, 4) is 0 Å². The van der Waals surface area contributed by atoms with E-state index in [1.54, 1.807) is 42.5 Å². The van der Waals surface area contributed by atoms with Gasteiger partial charge >= 0.3 is 0 Å². The zero-order valence-corrected chi connectivity index (χ0v) is 12.7. The quantitative estimate of drug-likeness (QED) is 0.650. The van der Waals surface area contributed by atoms with Gasteiger partial charge in [-0.2, -0.15) is 0 Å².